The van der Waals surface area contributed by atoms with Crippen LogP contribution in [-0.4, -0.2) is 31.5 Å². The van der Waals surface area contributed by atoms with Gasteiger partial charge in [0.15, 0.2) is 11.6 Å². The minimum absolute atomic E-state index is 0.331. The van der Waals surface area contributed by atoms with Gasteiger partial charge >= 0.3 is 0 Å². The van der Waals surface area contributed by atoms with Gasteiger partial charge in [-0.1, -0.05) is 13.3 Å². The highest BCUT2D eigenvalue weighted by molar-refractivity contribution is 5.57. The maximum atomic E-state index is 4.36. The lowest BCUT2D eigenvalue weighted by atomic mass is 10.1. The highest BCUT2D eigenvalue weighted by Crippen LogP contribution is 2.26. The third kappa shape index (κ3) is 1.73. The number of aryl methyl sites for hydroxylation is 1. The average Bonchev–Trinajstić information content (AvgIpc) is 2.96. The van der Waals surface area contributed by atoms with Crippen LogP contribution in [0.3, 0.4) is 0 Å². The summed E-state index contributed by atoms with van der Waals surface area (Å²) in [6.07, 6.45) is 4.07. The molecule has 1 atom stereocenters. The summed E-state index contributed by atoms with van der Waals surface area (Å²) in [5, 5.41) is 19.2. The van der Waals surface area contributed by atoms with Gasteiger partial charge in [-0.05, 0) is 13.3 Å². The number of hydrogen-bond acceptors (Lipinski definition) is 4. The van der Waals surface area contributed by atoms with Crippen molar-refractivity contribution >= 4 is 0 Å². The van der Waals surface area contributed by atoms with Crippen molar-refractivity contribution in [2.45, 2.75) is 39.3 Å². The van der Waals surface area contributed by atoms with Gasteiger partial charge in [0, 0.05) is 18.8 Å². The second kappa shape index (κ2) is 4.53. The Morgan fingerprint density at radius 3 is 3.06 bits per heavy atom. The number of nitrogens with zero attached hydrogens (tertiary/aromatic N) is 4. The lowest BCUT2D eigenvalue weighted by Crippen LogP contribution is -2.33. The minimum atomic E-state index is 0.331. The summed E-state index contributed by atoms with van der Waals surface area (Å²) in [5.74, 6) is 1.98. The molecule has 3 rings (SSSR count). The Hall–Kier alpha value is -1.69. The van der Waals surface area contributed by atoms with Gasteiger partial charge in [0.2, 0.25) is 0 Å². The maximum Gasteiger partial charge on any atom is 0.167 e. The van der Waals surface area contributed by atoms with Crippen LogP contribution in [0.4, 0.5) is 0 Å². The predicted molar refractivity (Wildman–Crippen MR) is 68.0 cm³/mol. The average molecular weight is 246 g/mol. The van der Waals surface area contributed by atoms with Crippen molar-refractivity contribution < 1.29 is 0 Å². The van der Waals surface area contributed by atoms with Gasteiger partial charge in [0.05, 0.1) is 17.8 Å². The lowest BCUT2D eigenvalue weighted by Gasteiger charge is -2.24. The van der Waals surface area contributed by atoms with Crippen molar-refractivity contribution in [2.75, 3.05) is 6.54 Å². The lowest BCUT2D eigenvalue weighted by molar-refractivity contribution is 0.394. The third-order valence-electron chi connectivity index (χ3n) is 3.47. The molecule has 6 heteroatoms. The molecule has 0 aliphatic carbocycles. The van der Waals surface area contributed by atoms with Crippen LogP contribution in [0, 0.1) is 6.92 Å². The third-order valence-corrected chi connectivity index (χ3v) is 3.47. The van der Waals surface area contributed by atoms with Gasteiger partial charge in [0.25, 0.3) is 0 Å². The molecule has 2 N–H and O–H groups in total. The molecular formula is C12H18N6. The minimum Gasteiger partial charge on any atom is -0.308 e. The highest BCUT2D eigenvalue weighted by Gasteiger charge is 2.25. The first-order valence-corrected chi connectivity index (χ1v) is 6.48. The molecule has 2 aromatic rings. The Morgan fingerprint density at radius 2 is 2.33 bits per heavy atom. The van der Waals surface area contributed by atoms with Crippen molar-refractivity contribution in [3.8, 4) is 11.4 Å². The SMILES string of the molecule is CCCC1NCCn2c(-c3cn[nH]c3C)nnc21. The van der Waals surface area contributed by atoms with Crippen LogP contribution >= 0.6 is 0 Å². The normalized spacial score (nSPS) is 18.9. The molecule has 1 aliphatic heterocycles. The zero-order chi connectivity index (χ0) is 12.5. The zero-order valence-electron chi connectivity index (χ0n) is 10.8. The van der Waals surface area contributed by atoms with Crippen molar-refractivity contribution in [1.29, 1.82) is 0 Å². The van der Waals surface area contributed by atoms with Gasteiger partial charge in [-0.2, -0.15) is 5.10 Å². The number of rotatable bonds is 3. The van der Waals surface area contributed by atoms with E-state index in [1.807, 2.05) is 13.1 Å². The van der Waals surface area contributed by atoms with E-state index in [0.717, 1.165) is 48.8 Å². The molecule has 1 aliphatic rings. The number of aromatic nitrogens is 5. The fourth-order valence-electron chi connectivity index (χ4n) is 2.53. The van der Waals surface area contributed by atoms with E-state index in [1.165, 1.54) is 0 Å². The van der Waals surface area contributed by atoms with Crippen molar-refractivity contribution in [3.05, 3.63) is 17.7 Å². The first-order chi connectivity index (χ1) is 8.81. The molecule has 0 aromatic carbocycles. The van der Waals surface area contributed by atoms with Gasteiger partial charge < -0.3 is 9.88 Å². The van der Waals surface area contributed by atoms with Crippen LogP contribution in [0.1, 0.15) is 37.3 Å². The summed E-state index contributed by atoms with van der Waals surface area (Å²) in [6.45, 7) is 6.09. The number of hydrogen-bond donors (Lipinski definition) is 2. The van der Waals surface area contributed by atoms with Gasteiger partial charge in [-0.25, -0.2) is 0 Å². The molecule has 0 fully saturated rings. The highest BCUT2D eigenvalue weighted by atomic mass is 15.3. The van der Waals surface area contributed by atoms with Gasteiger partial charge in [-0.3, -0.25) is 5.10 Å². The molecule has 2 aromatic heterocycles. The van der Waals surface area contributed by atoms with E-state index in [1.54, 1.807) is 0 Å². The molecule has 1 unspecified atom stereocenters. The van der Waals surface area contributed by atoms with Crippen LogP contribution in [-0.2, 0) is 6.54 Å². The standard InChI is InChI=1S/C12H18N6/c1-3-4-10-12-17-16-11(18(12)6-5-13-10)9-7-14-15-8(9)2/h7,10,13H,3-6H2,1-2H3,(H,14,15). The van der Waals surface area contributed by atoms with E-state index in [9.17, 15) is 0 Å². The topological polar surface area (TPSA) is 71.4 Å². The molecule has 0 saturated heterocycles. The Morgan fingerprint density at radius 1 is 1.44 bits per heavy atom. The molecule has 96 valence electrons. The van der Waals surface area contributed by atoms with Crippen LogP contribution in [0.2, 0.25) is 0 Å². The van der Waals surface area contributed by atoms with E-state index in [-0.39, 0.29) is 0 Å². The molecule has 3 heterocycles. The second-order valence-corrected chi connectivity index (χ2v) is 4.74. The quantitative estimate of drug-likeness (QED) is 0.859. The largest absolute Gasteiger partial charge is 0.308 e. The summed E-state index contributed by atoms with van der Waals surface area (Å²) in [6, 6.07) is 0.331. The van der Waals surface area contributed by atoms with E-state index in [0.29, 0.717) is 6.04 Å². The maximum absolute atomic E-state index is 4.36. The molecule has 0 amide bonds. The summed E-state index contributed by atoms with van der Waals surface area (Å²) in [7, 11) is 0. The van der Waals surface area contributed by atoms with E-state index in [2.05, 4.69) is 37.2 Å². The van der Waals surface area contributed by atoms with Crippen molar-refractivity contribution in [3.63, 3.8) is 0 Å². The number of aromatic amines is 1. The Bertz CT molecular complexity index is 541. The van der Waals surface area contributed by atoms with Gasteiger partial charge in [0.1, 0.15) is 0 Å². The zero-order valence-corrected chi connectivity index (χ0v) is 10.8. The Kier molecular flexibility index (Phi) is 2.87. The van der Waals surface area contributed by atoms with E-state index in [4.69, 9.17) is 0 Å². The fourth-order valence-corrected chi connectivity index (χ4v) is 2.53. The van der Waals surface area contributed by atoms with Crippen LogP contribution in [0.15, 0.2) is 6.20 Å². The Balaban J connectivity index is 2.02. The second-order valence-electron chi connectivity index (χ2n) is 4.74. The monoisotopic (exact) mass is 246 g/mol. The van der Waals surface area contributed by atoms with E-state index >= 15 is 0 Å². The summed E-state index contributed by atoms with van der Waals surface area (Å²) in [4.78, 5) is 0. The molecule has 0 saturated carbocycles. The number of nitrogens with one attached hydrogen (secondary N) is 2. The summed E-state index contributed by atoms with van der Waals surface area (Å²) >= 11 is 0. The predicted octanol–water partition coefficient (Wildman–Crippen LogP) is 1.42. The smallest absolute Gasteiger partial charge is 0.167 e. The van der Waals surface area contributed by atoms with Crippen LogP contribution in [0.25, 0.3) is 11.4 Å². The van der Waals surface area contributed by atoms with E-state index < -0.39 is 0 Å². The summed E-state index contributed by atoms with van der Waals surface area (Å²) < 4.78 is 2.22. The first-order valence-electron chi connectivity index (χ1n) is 6.48. The molecule has 18 heavy (non-hydrogen) atoms. The summed E-state index contributed by atoms with van der Waals surface area (Å²) in [5.41, 5.74) is 2.08. The molecule has 0 radical (unpaired) electrons. The fraction of sp³-hybridized carbons (Fsp3) is 0.583. The van der Waals surface area contributed by atoms with Crippen molar-refractivity contribution in [2.24, 2.45) is 0 Å². The molecule has 0 spiro atoms. The first kappa shape index (κ1) is 11.4. The van der Waals surface area contributed by atoms with Crippen LogP contribution < -0.4 is 5.32 Å². The number of fused-ring (bicyclic) bond motifs is 1. The van der Waals surface area contributed by atoms with Crippen LogP contribution in [0.5, 0.6) is 0 Å². The number of H-pyrrole nitrogens is 1. The molecule has 0 bridgehead atoms. The van der Waals surface area contributed by atoms with Crippen molar-refractivity contribution in [1.82, 2.24) is 30.3 Å². The van der Waals surface area contributed by atoms with Gasteiger partial charge in [-0.15, -0.1) is 10.2 Å². The molecule has 6 nitrogen and oxygen atoms in total. The molecular weight excluding hydrogens is 228 g/mol. The Labute approximate surface area is 106 Å².